The summed E-state index contributed by atoms with van der Waals surface area (Å²) in [5, 5.41) is 0. The van der Waals surface area contributed by atoms with Crippen molar-refractivity contribution in [1.82, 2.24) is 14.9 Å². The van der Waals surface area contributed by atoms with E-state index >= 15 is 0 Å². The highest BCUT2D eigenvalue weighted by molar-refractivity contribution is 5.91. The summed E-state index contributed by atoms with van der Waals surface area (Å²) in [5.74, 6) is 0.109. The lowest BCUT2D eigenvalue weighted by Crippen LogP contribution is -2.38. The van der Waals surface area contributed by atoms with Crippen molar-refractivity contribution in [2.24, 2.45) is 5.73 Å². The fraction of sp³-hybridized carbons (Fsp3) is 0.353. The topological polar surface area (TPSA) is 81.3 Å². The third kappa shape index (κ3) is 4.26. The molecule has 0 spiro atoms. The van der Waals surface area contributed by atoms with Gasteiger partial charge in [0, 0.05) is 38.1 Å². The zero-order valence-electron chi connectivity index (χ0n) is 12.9. The Bertz CT molecular complexity index is 655. The second-order valence-corrected chi connectivity index (χ2v) is 5.66. The number of hydrogen-bond donors (Lipinski definition) is 1. The van der Waals surface area contributed by atoms with E-state index in [1.807, 2.05) is 24.4 Å². The third-order valence-electron chi connectivity index (χ3n) is 3.93. The monoisotopic (exact) mass is 312 g/mol. The first kappa shape index (κ1) is 15.4. The Labute approximate surface area is 135 Å². The summed E-state index contributed by atoms with van der Waals surface area (Å²) in [5.41, 5.74) is 6.56. The molecule has 0 bridgehead atoms. The molecule has 23 heavy (non-hydrogen) atoms. The molecular weight excluding hydrogens is 292 g/mol. The Morgan fingerprint density at radius 1 is 1.22 bits per heavy atom. The van der Waals surface area contributed by atoms with E-state index in [-0.39, 0.29) is 11.8 Å². The van der Waals surface area contributed by atoms with Crippen LogP contribution >= 0.6 is 0 Å². The van der Waals surface area contributed by atoms with Gasteiger partial charge in [0.25, 0.3) is 5.91 Å². The summed E-state index contributed by atoms with van der Waals surface area (Å²) >= 11 is 0. The van der Waals surface area contributed by atoms with Gasteiger partial charge in [-0.3, -0.25) is 19.7 Å². The number of amides is 1. The van der Waals surface area contributed by atoms with E-state index in [2.05, 4.69) is 14.9 Å². The fourth-order valence-electron chi connectivity index (χ4n) is 2.72. The zero-order chi connectivity index (χ0) is 16.1. The number of rotatable bonds is 5. The van der Waals surface area contributed by atoms with Crippen LogP contribution in [-0.4, -0.2) is 40.0 Å². The Kier molecular flexibility index (Phi) is 4.83. The van der Waals surface area contributed by atoms with Crippen LogP contribution in [0.1, 0.15) is 29.0 Å². The van der Waals surface area contributed by atoms with Crippen molar-refractivity contribution in [3.8, 4) is 5.75 Å². The van der Waals surface area contributed by atoms with Gasteiger partial charge in [-0.15, -0.1) is 0 Å². The maximum absolute atomic E-state index is 11.2. The molecule has 120 valence electrons. The molecule has 1 saturated heterocycles. The lowest BCUT2D eigenvalue weighted by Gasteiger charge is -2.31. The number of aromatic nitrogens is 2. The van der Waals surface area contributed by atoms with E-state index in [0.717, 1.165) is 38.2 Å². The highest BCUT2D eigenvalue weighted by Crippen LogP contribution is 2.20. The first-order chi connectivity index (χ1) is 11.2. The Hall–Kier alpha value is -2.47. The second kappa shape index (κ2) is 7.19. The molecule has 2 aromatic heterocycles. The number of primary amides is 1. The number of likely N-dealkylation sites (tertiary alicyclic amines) is 1. The van der Waals surface area contributed by atoms with Gasteiger partial charge in [-0.25, -0.2) is 0 Å². The first-order valence-electron chi connectivity index (χ1n) is 7.75. The van der Waals surface area contributed by atoms with Gasteiger partial charge in [0.05, 0.1) is 5.69 Å². The molecule has 6 nitrogen and oxygen atoms in total. The number of piperidine rings is 1. The quantitative estimate of drug-likeness (QED) is 0.907. The van der Waals surface area contributed by atoms with Crippen LogP contribution in [0.5, 0.6) is 5.75 Å². The first-order valence-corrected chi connectivity index (χ1v) is 7.75. The van der Waals surface area contributed by atoms with Crippen molar-refractivity contribution in [1.29, 1.82) is 0 Å². The summed E-state index contributed by atoms with van der Waals surface area (Å²) in [7, 11) is 0. The minimum Gasteiger partial charge on any atom is -0.490 e. The maximum atomic E-state index is 11.2. The van der Waals surface area contributed by atoms with Gasteiger partial charge in [0.1, 0.15) is 17.5 Å². The van der Waals surface area contributed by atoms with E-state index < -0.39 is 5.91 Å². The van der Waals surface area contributed by atoms with E-state index in [9.17, 15) is 4.79 Å². The summed E-state index contributed by atoms with van der Waals surface area (Å²) in [4.78, 5) is 21.8. The van der Waals surface area contributed by atoms with Gasteiger partial charge in [0.2, 0.25) is 0 Å². The van der Waals surface area contributed by atoms with E-state index in [1.165, 1.54) is 0 Å². The van der Waals surface area contributed by atoms with E-state index in [4.69, 9.17) is 10.5 Å². The van der Waals surface area contributed by atoms with Crippen LogP contribution in [0.2, 0.25) is 0 Å². The average molecular weight is 312 g/mol. The maximum Gasteiger partial charge on any atom is 0.267 e. The molecule has 0 unspecified atom stereocenters. The zero-order valence-corrected chi connectivity index (χ0v) is 12.9. The van der Waals surface area contributed by atoms with Crippen molar-refractivity contribution in [2.75, 3.05) is 13.1 Å². The van der Waals surface area contributed by atoms with Crippen LogP contribution in [0.4, 0.5) is 0 Å². The van der Waals surface area contributed by atoms with Crippen LogP contribution in [0.3, 0.4) is 0 Å². The molecule has 0 saturated carbocycles. The van der Waals surface area contributed by atoms with Gasteiger partial charge < -0.3 is 10.5 Å². The number of hydrogen-bond acceptors (Lipinski definition) is 5. The van der Waals surface area contributed by atoms with Gasteiger partial charge in [-0.05, 0) is 31.0 Å². The summed E-state index contributed by atoms with van der Waals surface area (Å²) < 4.78 is 5.95. The highest BCUT2D eigenvalue weighted by atomic mass is 16.5. The van der Waals surface area contributed by atoms with Gasteiger partial charge >= 0.3 is 0 Å². The molecule has 0 atom stereocenters. The molecule has 1 amide bonds. The summed E-state index contributed by atoms with van der Waals surface area (Å²) in [6, 6.07) is 9.34. The second-order valence-electron chi connectivity index (χ2n) is 5.66. The minimum atomic E-state index is -0.541. The van der Waals surface area contributed by atoms with Crippen LogP contribution in [0, 0.1) is 0 Å². The number of pyridine rings is 2. The SMILES string of the molecule is NC(=O)c1cc(OC2CCN(Cc3ccccn3)CC2)ccn1. The molecule has 2 aromatic rings. The standard InChI is InChI=1S/C17H20N4O2/c18-17(22)16-11-15(4-8-20-16)23-14-5-9-21(10-6-14)12-13-3-1-2-7-19-13/h1-4,7-8,11,14H,5-6,9-10,12H2,(H2,18,22). The van der Waals surface area contributed by atoms with Crippen LogP contribution in [0.15, 0.2) is 42.7 Å². The normalized spacial score (nSPS) is 16.2. The highest BCUT2D eigenvalue weighted by Gasteiger charge is 2.21. The van der Waals surface area contributed by atoms with Gasteiger partial charge in [-0.2, -0.15) is 0 Å². The molecule has 1 fully saturated rings. The number of carbonyl (C=O) groups is 1. The van der Waals surface area contributed by atoms with E-state index in [0.29, 0.717) is 5.75 Å². The molecule has 3 rings (SSSR count). The number of nitrogens with zero attached hydrogens (tertiary/aromatic N) is 3. The molecule has 1 aliphatic heterocycles. The lowest BCUT2D eigenvalue weighted by atomic mass is 10.1. The number of nitrogens with two attached hydrogens (primary N) is 1. The molecule has 6 heteroatoms. The van der Waals surface area contributed by atoms with Crippen molar-refractivity contribution >= 4 is 5.91 Å². The van der Waals surface area contributed by atoms with Crippen LogP contribution in [0.25, 0.3) is 0 Å². The van der Waals surface area contributed by atoms with Crippen LogP contribution < -0.4 is 10.5 Å². The smallest absolute Gasteiger partial charge is 0.267 e. The Morgan fingerprint density at radius 3 is 2.74 bits per heavy atom. The number of carbonyl (C=O) groups excluding carboxylic acids is 1. The predicted molar refractivity (Wildman–Crippen MR) is 85.9 cm³/mol. The van der Waals surface area contributed by atoms with Crippen molar-refractivity contribution in [3.63, 3.8) is 0 Å². The largest absolute Gasteiger partial charge is 0.490 e. The van der Waals surface area contributed by atoms with Gasteiger partial charge in [-0.1, -0.05) is 6.07 Å². The van der Waals surface area contributed by atoms with Crippen molar-refractivity contribution in [3.05, 3.63) is 54.1 Å². The molecule has 0 aromatic carbocycles. The Balaban J connectivity index is 1.51. The minimum absolute atomic E-state index is 0.151. The predicted octanol–water partition coefficient (Wildman–Crippen LogP) is 1.62. The molecule has 0 aliphatic carbocycles. The van der Waals surface area contributed by atoms with Crippen LogP contribution in [-0.2, 0) is 6.54 Å². The third-order valence-corrected chi connectivity index (χ3v) is 3.93. The van der Waals surface area contributed by atoms with Crippen molar-refractivity contribution < 1.29 is 9.53 Å². The van der Waals surface area contributed by atoms with Gasteiger partial charge in [0.15, 0.2) is 0 Å². The summed E-state index contributed by atoms with van der Waals surface area (Å²) in [6.07, 6.45) is 5.41. The molecule has 0 radical (unpaired) electrons. The molecule has 3 heterocycles. The summed E-state index contributed by atoms with van der Waals surface area (Å²) in [6.45, 7) is 2.80. The molecule has 1 aliphatic rings. The van der Waals surface area contributed by atoms with Crippen molar-refractivity contribution in [2.45, 2.75) is 25.5 Å². The average Bonchev–Trinajstić information content (AvgIpc) is 2.58. The molecular formula is C17H20N4O2. The number of ether oxygens (including phenoxy) is 1. The molecule has 2 N–H and O–H groups in total. The van der Waals surface area contributed by atoms with E-state index in [1.54, 1.807) is 18.3 Å². The Morgan fingerprint density at radius 2 is 2.04 bits per heavy atom. The lowest BCUT2D eigenvalue weighted by molar-refractivity contribution is 0.0948. The fourth-order valence-corrected chi connectivity index (χ4v) is 2.72.